The summed E-state index contributed by atoms with van der Waals surface area (Å²) < 4.78 is 4.95. The number of rotatable bonds is 5. The van der Waals surface area contributed by atoms with Gasteiger partial charge in [0.1, 0.15) is 6.04 Å². The van der Waals surface area contributed by atoms with Gasteiger partial charge in [-0.3, -0.25) is 4.79 Å². The zero-order chi connectivity index (χ0) is 11.1. The number of esters is 1. The maximum absolute atomic E-state index is 11.4. The summed E-state index contributed by atoms with van der Waals surface area (Å²) in [5, 5.41) is 0. The molecule has 82 valence electrons. The van der Waals surface area contributed by atoms with Crippen LogP contribution in [-0.4, -0.2) is 36.0 Å². The van der Waals surface area contributed by atoms with Gasteiger partial charge in [0.2, 0.25) is 5.91 Å². The van der Waals surface area contributed by atoms with Crippen LogP contribution in [0.15, 0.2) is 0 Å². The topological polar surface area (TPSA) is 46.6 Å². The van der Waals surface area contributed by atoms with Crippen molar-refractivity contribution in [3.8, 4) is 0 Å². The highest BCUT2D eigenvalue weighted by Crippen LogP contribution is 2.02. The molecule has 0 aliphatic heterocycles. The number of carbonyl (C=O) groups is 2. The molecule has 4 heteroatoms. The Morgan fingerprint density at radius 2 is 1.93 bits per heavy atom. The standard InChI is InChI=1S/C10H19NO3/c1-5-7-14-10(13)8(3)11(6-2)9(4)12/h8H,5-7H2,1-4H3. The van der Waals surface area contributed by atoms with E-state index in [1.54, 1.807) is 6.92 Å². The largest absolute Gasteiger partial charge is 0.464 e. The lowest BCUT2D eigenvalue weighted by molar-refractivity contribution is -0.153. The van der Waals surface area contributed by atoms with Crippen LogP contribution in [0.1, 0.15) is 34.1 Å². The lowest BCUT2D eigenvalue weighted by Gasteiger charge is -2.24. The third-order valence-corrected chi connectivity index (χ3v) is 2.00. The van der Waals surface area contributed by atoms with E-state index in [0.29, 0.717) is 13.2 Å². The first-order valence-corrected chi connectivity index (χ1v) is 4.98. The van der Waals surface area contributed by atoms with E-state index in [4.69, 9.17) is 4.74 Å². The number of carbonyl (C=O) groups excluding carboxylic acids is 2. The molecule has 0 aliphatic carbocycles. The van der Waals surface area contributed by atoms with Crippen molar-refractivity contribution in [2.24, 2.45) is 0 Å². The van der Waals surface area contributed by atoms with Crippen LogP contribution < -0.4 is 0 Å². The fourth-order valence-electron chi connectivity index (χ4n) is 1.22. The minimum absolute atomic E-state index is 0.103. The molecule has 0 radical (unpaired) electrons. The second-order valence-corrected chi connectivity index (χ2v) is 3.15. The third kappa shape index (κ3) is 3.77. The minimum Gasteiger partial charge on any atom is -0.464 e. The molecule has 0 saturated heterocycles. The van der Waals surface area contributed by atoms with E-state index in [2.05, 4.69) is 0 Å². The van der Waals surface area contributed by atoms with Crippen LogP contribution in [0.5, 0.6) is 0 Å². The van der Waals surface area contributed by atoms with Gasteiger partial charge in [-0.2, -0.15) is 0 Å². The Balaban J connectivity index is 4.20. The van der Waals surface area contributed by atoms with Crippen LogP contribution in [0.2, 0.25) is 0 Å². The zero-order valence-corrected chi connectivity index (χ0v) is 9.37. The monoisotopic (exact) mass is 201 g/mol. The summed E-state index contributed by atoms with van der Waals surface area (Å²) in [6, 6.07) is -0.482. The highest BCUT2D eigenvalue weighted by Gasteiger charge is 2.22. The Kier molecular flexibility index (Phi) is 5.92. The SMILES string of the molecule is CCCOC(=O)C(C)N(CC)C(C)=O. The van der Waals surface area contributed by atoms with Gasteiger partial charge in [-0.1, -0.05) is 6.92 Å². The average Bonchev–Trinajstić information content (AvgIpc) is 2.14. The molecule has 0 rings (SSSR count). The summed E-state index contributed by atoms with van der Waals surface area (Å²) in [6.07, 6.45) is 0.796. The van der Waals surface area contributed by atoms with Crippen molar-refractivity contribution < 1.29 is 14.3 Å². The van der Waals surface area contributed by atoms with Crippen molar-refractivity contribution in [3.05, 3.63) is 0 Å². The Hall–Kier alpha value is -1.06. The molecular formula is C10H19NO3. The van der Waals surface area contributed by atoms with Gasteiger partial charge in [-0.25, -0.2) is 4.79 Å². The second-order valence-electron chi connectivity index (χ2n) is 3.15. The predicted octanol–water partition coefficient (Wildman–Crippen LogP) is 1.20. The lowest BCUT2D eigenvalue weighted by atomic mass is 10.3. The van der Waals surface area contributed by atoms with Gasteiger partial charge < -0.3 is 9.64 Å². The van der Waals surface area contributed by atoms with Crippen molar-refractivity contribution in [1.29, 1.82) is 0 Å². The number of ether oxygens (including phenoxy) is 1. The molecule has 4 nitrogen and oxygen atoms in total. The van der Waals surface area contributed by atoms with Crippen LogP contribution in [-0.2, 0) is 14.3 Å². The number of amides is 1. The summed E-state index contributed by atoms with van der Waals surface area (Å²) in [6.45, 7) is 7.85. The summed E-state index contributed by atoms with van der Waals surface area (Å²) in [5.41, 5.74) is 0. The van der Waals surface area contributed by atoms with Crippen molar-refractivity contribution in [3.63, 3.8) is 0 Å². The van der Waals surface area contributed by atoms with Crippen LogP contribution in [0.4, 0.5) is 0 Å². The van der Waals surface area contributed by atoms with Gasteiger partial charge in [-0.15, -0.1) is 0 Å². The lowest BCUT2D eigenvalue weighted by Crippen LogP contribution is -2.42. The Labute approximate surface area is 85.2 Å². The van der Waals surface area contributed by atoms with E-state index >= 15 is 0 Å². The quantitative estimate of drug-likeness (QED) is 0.628. The van der Waals surface area contributed by atoms with Crippen molar-refractivity contribution in [2.75, 3.05) is 13.2 Å². The summed E-state index contributed by atoms with van der Waals surface area (Å²) in [5.74, 6) is -0.433. The fourth-order valence-corrected chi connectivity index (χ4v) is 1.22. The molecule has 1 unspecified atom stereocenters. The van der Waals surface area contributed by atoms with E-state index in [1.165, 1.54) is 11.8 Å². The molecule has 0 N–H and O–H groups in total. The molecule has 0 aliphatic rings. The summed E-state index contributed by atoms with van der Waals surface area (Å²) in [4.78, 5) is 24.0. The molecule has 0 aromatic carbocycles. The van der Waals surface area contributed by atoms with E-state index in [-0.39, 0.29) is 11.9 Å². The average molecular weight is 201 g/mol. The molecular weight excluding hydrogens is 182 g/mol. The van der Waals surface area contributed by atoms with Gasteiger partial charge in [-0.05, 0) is 20.3 Å². The molecule has 0 aromatic heterocycles. The molecule has 1 atom stereocenters. The third-order valence-electron chi connectivity index (χ3n) is 2.00. The predicted molar refractivity (Wildman–Crippen MR) is 53.8 cm³/mol. The fraction of sp³-hybridized carbons (Fsp3) is 0.800. The number of hydrogen-bond acceptors (Lipinski definition) is 3. The Bertz CT molecular complexity index is 204. The second kappa shape index (κ2) is 6.40. The van der Waals surface area contributed by atoms with Gasteiger partial charge >= 0.3 is 5.97 Å². The Morgan fingerprint density at radius 3 is 2.29 bits per heavy atom. The number of likely N-dealkylation sites (N-methyl/N-ethyl adjacent to an activating group) is 1. The van der Waals surface area contributed by atoms with E-state index < -0.39 is 6.04 Å². The summed E-state index contributed by atoms with van der Waals surface area (Å²) in [7, 11) is 0. The smallest absolute Gasteiger partial charge is 0.328 e. The molecule has 14 heavy (non-hydrogen) atoms. The number of hydrogen-bond donors (Lipinski definition) is 0. The molecule has 0 bridgehead atoms. The van der Waals surface area contributed by atoms with Gasteiger partial charge in [0.25, 0.3) is 0 Å². The highest BCUT2D eigenvalue weighted by molar-refractivity contribution is 5.82. The molecule has 0 heterocycles. The van der Waals surface area contributed by atoms with Gasteiger partial charge in [0, 0.05) is 13.5 Å². The first-order valence-electron chi connectivity index (χ1n) is 4.98. The van der Waals surface area contributed by atoms with E-state index in [0.717, 1.165) is 6.42 Å². The van der Waals surface area contributed by atoms with Crippen molar-refractivity contribution in [1.82, 2.24) is 4.90 Å². The molecule has 0 spiro atoms. The van der Waals surface area contributed by atoms with Crippen LogP contribution in [0.25, 0.3) is 0 Å². The summed E-state index contributed by atoms with van der Waals surface area (Å²) >= 11 is 0. The van der Waals surface area contributed by atoms with Gasteiger partial charge in [0.05, 0.1) is 6.61 Å². The Morgan fingerprint density at radius 1 is 1.36 bits per heavy atom. The number of nitrogens with zero attached hydrogens (tertiary/aromatic N) is 1. The first-order chi connectivity index (χ1) is 6.54. The highest BCUT2D eigenvalue weighted by atomic mass is 16.5. The van der Waals surface area contributed by atoms with Gasteiger partial charge in [0.15, 0.2) is 0 Å². The van der Waals surface area contributed by atoms with Crippen LogP contribution >= 0.6 is 0 Å². The maximum atomic E-state index is 11.4. The minimum atomic E-state index is -0.482. The normalized spacial score (nSPS) is 12.0. The molecule has 0 saturated carbocycles. The molecule has 0 aromatic rings. The van der Waals surface area contributed by atoms with E-state index in [1.807, 2.05) is 13.8 Å². The van der Waals surface area contributed by atoms with Crippen molar-refractivity contribution >= 4 is 11.9 Å². The maximum Gasteiger partial charge on any atom is 0.328 e. The molecule has 0 fully saturated rings. The zero-order valence-electron chi connectivity index (χ0n) is 9.37. The first kappa shape index (κ1) is 12.9. The van der Waals surface area contributed by atoms with E-state index in [9.17, 15) is 9.59 Å². The van der Waals surface area contributed by atoms with Crippen LogP contribution in [0.3, 0.4) is 0 Å². The van der Waals surface area contributed by atoms with Crippen LogP contribution in [0, 0.1) is 0 Å². The molecule has 1 amide bonds. The van der Waals surface area contributed by atoms with Crippen molar-refractivity contribution in [2.45, 2.75) is 40.2 Å².